The molecule has 2 aromatic rings. The molecule has 1 aliphatic rings. The van der Waals surface area contributed by atoms with Gasteiger partial charge in [-0.2, -0.15) is 0 Å². The van der Waals surface area contributed by atoms with Gasteiger partial charge in [0.1, 0.15) is 0 Å². The molecule has 77 valence electrons. The van der Waals surface area contributed by atoms with Crippen LogP contribution in [0.15, 0.2) is 42.5 Å². The summed E-state index contributed by atoms with van der Waals surface area (Å²) in [6.07, 6.45) is 1.06. The van der Waals surface area contributed by atoms with E-state index in [1.807, 2.05) is 0 Å². The van der Waals surface area contributed by atoms with E-state index in [-0.39, 0.29) is 0 Å². The fraction of sp³-hybridized carbons (Fsp3) is 0.143. The molecule has 0 bridgehead atoms. The van der Waals surface area contributed by atoms with Gasteiger partial charge in [-0.15, -0.1) is 0 Å². The molecule has 0 radical (unpaired) electrons. The molecule has 0 unspecified atom stereocenters. The normalized spacial score (nSPS) is 11.9. The molecule has 0 amide bonds. The molecular formula is C14H12NTi. The average Bonchev–Trinajstić information content (AvgIpc) is 2.69. The van der Waals surface area contributed by atoms with E-state index in [1.165, 1.54) is 27.9 Å². The second kappa shape index (κ2) is 4.08. The Hall–Kier alpha value is -1.05. The van der Waals surface area contributed by atoms with E-state index in [0.717, 1.165) is 11.3 Å². The third-order valence-electron chi connectivity index (χ3n) is 3.13. The van der Waals surface area contributed by atoms with E-state index in [2.05, 4.69) is 68.2 Å². The van der Waals surface area contributed by atoms with E-state index >= 15 is 0 Å². The van der Waals surface area contributed by atoms with Crippen LogP contribution in [0.5, 0.6) is 0 Å². The van der Waals surface area contributed by atoms with Gasteiger partial charge in [0.15, 0.2) is 0 Å². The molecule has 16 heavy (non-hydrogen) atoms. The molecule has 0 spiro atoms. The number of rotatable bonds is 2. The van der Waals surface area contributed by atoms with Gasteiger partial charge < -0.3 is 0 Å². The van der Waals surface area contributed by atoms with E-state index in [1.54, 1.807) is 0 Å². The molecule has 3 rings (SSSR count). The van der Waals surface area contributed by atoms with Crippen LogP contribution in [0.4, 0.5) is 5.69 Å². The summed E-state index contributed by atoms with van der Waals surface area (Å²) in [7, 11) is 0. The van der Waals surface area contributed by atoms with Crippen LogP contribution >= 0.6 is 0 Å². The van der Waals surface area contributed by atoms with Gasteiger partial charge >= 0.3 is 107 Å². The van der Waals surface area contributed by atoms with Crippen LogP contribution in [-0.2, 0) is 26.9 Å². The fourth-order valence-corrected chi connectivity index (χ4v) is 2.72. The minimum atomic E-state index is 0.979. The number of benzene rings is 2. The van der Waals surface area contributed by atoms with E-state index in [4.69, 9.17) is 0 Å². The summed E-state index contributed by atoms with van der Waals surface area (Å²) < 4.78 is 0. The number of fused-ring (bicyclic) bond motifs is 3. The fourth-order valence-electron chi connectivity index (χ4n) is 2.42. The molecule has 0 aromatic heterocycles. The van der Waals surface area contributed by atoms with Crippen molar-refractivity contribution < 1.29 is 20.4 Å². The van der Waals surface area contributed by atoms with Crippen LogP contribution < -0.4 is 5.32 Å². The topological polar surface area (TPSA) is 12.0 Å². The van der Waals surface area contributed by atoms with Gasteiger partial charge in [-0.3, -0.25) is 0 Å². The predicted molar refractivity (Wildman–Crippen MR) is 63.2 cm³/mol. The third-order valence-corrected chi connectivity index (χ3v) is 3.41. The summed E-state index contributed by atoms with van der Waals surface area (Å²) in [5.41, 5.74) is 6.98. The first-order valence-corrected chi connectivity index (χ1v) is 6.59. The van der Waals surface area contributed by atoms with E-state index < -0.39 is 0 Å². The number of anilines is 1. The monoisotopic (exact) mass is 242 g/mol. The van der Waals surface area contributed by atoms with Crippen LogP contribution in [0.3, 0.4) is 0 Å². The van der Waals surface area contributed by atoms with Crippen molar-refractivity contribution in [2.75, 3.05) is 10.2 Å². The van der Waals surface area contributed by atoms with Crippen LogP contribution in [0.1, 0.15) is 11.1 Å². The summed E-state index contributed by atoms with van der Waals surface area (Å²) in [6.45, 7) is 0. The van der Waals surface area contributed by atoms with Gasteiger partial charge in [-0.25, -0.2) is 0 Å². The van der Waals surface area contributed by atoms with E-state index in [0.29, 0.717) is 0 Å². The van der Waals surface area contributed by atoms with Crippen molar-refractivity contribution >= 4 is 5.69 Å². The first-order valence-electron chi connectivity index (χ1n) is 5.49. The summed E-state index contributed by atoms with van der Waals surface area (Å²) in [5.74, 6) is 0. The Balaban J connectivity index is 2.16. The summed E-state index contributed by atoms with van der Waals surface area (Å²) in [4.78, 5) is 0.979. The Kier molecular flexibility index (Phi) is 2.58. The van der Waals surface area contributed by atoms with Gasteiger partial charge in [0.25, 0.3) is 0 Å². The SMILES string of the molecule is [Ti][CH2]Nc1cccc2c1Cc1ccccc1-2. The molecule has 0 heterocycles. The van der Waals surface area contributed by atoms with Gasteiger partial charge in [0, 0.05) is 0 Å². The first-order chi connectivity index (χ1) is 7.90. The Morgan fingerprint density at radius 3 is 2.69 bits per heavy atom. The minimum absolute atomic E-state index is 0.979. The van der Waals surface area contributed by atoms with Crippen molar-refractivity contribution in [3.63, 3.8) is 0 Å². The van der Waals surface area contributed by atoms with Crippen molar-refractivity contribution in [3.8, 4) is 11.1 Å². The zero-order valence-electron chi connectivity index (χ0n) is 8.96. The Morgan fingerprint density at radius 2 is 1.81 bits per heavy atom. The zero-order chi connectivity index (χ0) is 11.0. The second-order valence-corrected chi connectivity index (χ2v) is 4.57. The Bertz CT molecular complexity index is 534. The van der Waals surface area contributed by atoms with Crippen molar-refractivity contribution in [3.05, 3.63) is 53.6 Å². The molecule has 0 saturated heterocycles. The van der Waals surface area contributed by atoms with Crippen LogP contribution in [-0.4, -0.2) is 4.85 Å². The molecule has 0 atom stereocenters. The maximum atomic E-state index is 3.44. The van der Waals surface area contributed by atoms with Gasteiger partial charge in [0.2, 0.25) is 0 Å². The molecule has 1 nitrogen and oxygen atoms in total. The molecule has 1 aliphatic carbocycles. The van der Waals surface area contributed by atoms with Crippen molar-refractivity contribution in [1.82, 2.24) is 0 Å². The van der Waals surface area contributed by atoms with Crippen molar-refractivity contribution in [2.24, 2.45) is 0 Å². The quantitative estimate of drug-likeness (QED) is 0.680. The average molecular weight is 242 g/mol. The standard InChI is InChI=1S/C14H12N.Ti/c1-15-14-8-4-7-12-11-6-3-2-5-10(11)9-13(12)14;/h2-8,15H,1,9H2;. The number of nitrogens with one attached hydrogen (secondary N) is 1. The summed E-state index contributed by atoms with van der Waals surface area (Å²) in [5, 5.41) is 3.44. The Labute approximate surface area is 107 Å². The molecular weight excluding hydrogens is 230 g/mol. The molecule has 2 heteroatoms. The summed E-state index contributed by atoms with van der Waals surface area (Å²) >= 11 is 2.14. The summed E-state index contributed by atoms with van der Waals surface area (Å²) in [6, 6.07) is 15.2. The first kappa shape index (κ1) is 10.1. The third kappa shape index (κ3) is 1.52. The zero-order valence-corrected chi connectivity index (χ0v) is 10.5. The van der Waals surface area contributed by atoms with Gasteiger partial charge in [-0.05, 0) is 0 Å². The van der Waals surface area contributed by atoms with Gasteiger partial charge in [0.05, 0.1) is 0 Å². The molecule has 2 aromatic carbocycles. The van der Waals surface area contributed by atoms with Crippen molar-refractivity contribution in [2.45, 2.75) is 6.42 Å². The van der Waals surface area contributed by atoms with Crippen LogP contribution in [0.25, 0.3) is 11.1 Å². The predicted octanol–water partition coefficient (Wildman–Crippen LogP) is 3.17. The Morgan fingerprint density at radius 1 is 1.00 bits per heavy atom. The second-order valence-electron chi connectivity index (χ2n) is 4.02. The maximum absolute atomic E-state index is 3.44. The van der Waals surface area contributed by atoms with Gasteiger partial charge in [-0.1, -0.05) is 0 Å². The van der Waals surface area contributed by atoms with Crippen LogP contribution in [0, 0.1) is 0 Å². The van der Waals surface area contributed by atoms with Crippen molar-refractivity contribution in [1.29, 1.82) is 0 Å². The number of hydrogen-bond donors (Lipinski definition) is 1. The molecule has 0 saturated carbocycles. The number of hydrogen-bond acceptors (Lipinski definition) is 1. The molecule has 0 fully saturated rings. The molecule has 0 aliphatic heterocycles. The van der Waals surface area contributed by atoms with Crippen LogP contribution in [0.2, 0.25) is 0 Å². The van der Waals surface area contributed by atoms with E-state index in [9.17, 15) is 0 Å². The molecule has 1 N–H and O–H groups in total.